The van der Waals surface area contributed by atoms with Crippen LogP contribution in [0.25, 0.3) is 0 Å². The molecule has 26 heavy (non-hydrogen) atoms. The number of hydrogen-bond donors (Lipinski definition) is 1. The summed E-state index contributed by atoms with van der Waals surface area (Å²) in [5.41, 5.74) is 3.20. The van der Waals surface area contributed by atoms with Crippen molar-refractivity contribution in [2.24, 2.45) is 0 Å². The normalized spacial score (nSPS) is 11.5. The number of anilines is 1. The summed E-state index contributed by atoms with van der Waals surface area (Å²) in [6.07, 6.45) is 0. The Hall–Kier alpha value is -2.38. The van der Waals surface area contributed by atoms with Gasteiger partial charge in [-0.2, -0.15) is 0 Å². The van der Waals surface area contributed by atoms with Gasteiger partial charge in [-0.3, -0.25) is 4.79 Å². The molecule has 2 aromatic rings. The summed E-state index contributed by atoms with van der Waals surface area (Å²) in [5.74, 6) is 0.300. The van der Waals surface area contributed by atoms with Crippen molar-refractivity contribution in [1.82, 2.24) is 4.31 Å². The number of benzene rings is 2. The van der Waals surface area contributed by atoms with Gasteiger partial charge in [-0.1, -0.05) is 18.2 Å². The molecule has 1 amide bonds. The number of ether oxygens (including phenoxy) is 1. The second kappa shape index (κ2) is 7.88. The zero-order valence-electron chi connectivity index (χ0n) is 15.7. The lowest BCUT2D eigenvalue weighted by Gasteiger charge is -2.15. The Balaban J connectivity index is 2.12. The van der Waals surface area contributed by atoms with Crippen LogP contribution in [0.1, 0.15) is 16.7 Å². The Labute approximate surface area is 154 Å². The third-order valence-corrected chi connectivity index (χ3v) is 5.78. The molecule has 0 saturated heterocycles. The van der Waals surface area contributed by atoms with E-state index in [1.165, 1.54) is 26.2 Å². The van der Waals surface area contributed by atoms with Crippen LogP contribution >= 0.6 is 0 Å². The van der Waals surface area contributed by atoms with Crippen molar-refractivity contribution in [3.05, 3.63) is 53.1 Å². The van der Waals surface area contributed by atoms with E-state index in [1.54, 1.807) is 13.0 Å². The first-order chi connectivity index (χ1) is 12.1. The van der Waals surface area contributed by atoms with E-state index in [0.717, 1.165) is 21.0 Å². The molecule has 0 spiro atoms. The van der Waals surface area contributed by atoms with E-state index in [1.807, 2.05) is 32.0 Å². The lowest BCUT2D eigenvalue weighted by Crippen LogP contribution is -2.23. The first kappa shape index (κ1) is 19.9. The maximum absolute atomic E-state index is 12.2. The molecule has 140 valence electrons. The van der Waals surface area contributed by atoms with Gasteiger partial charge in [0.05, 0.1) is 4.90 Å². The van der Waals surface area contributed by atoms with Crippen molar-refractivity contribution >= 4 is 21.6 Å². The third kappa shape index (κ3) is 4.62. The molecule has 0 aliphatic rings. The van der Waals surface area contributed by atoms with E-state index in [9.17, 15) is 13.2 Å². The average Bonchev–Trinajstić information content (AvgIpc) is 2.57. The van der Waals surface area contributed by atoms with E-state index >= 15 is 0 Å². The number of carbonyl (C=O) groups is 1. The highest BCUT2D eigenvalue weighted by Gasteiger charge is 2.18. The number of carbonyl (C=O) groups excluding carboxylic acids is 1. The molecule has 0 aliphatic carbocycles. The molecule has 0 heterocycles. The van der Waals surface area contributed by atoms with Gasteiger partial charge in [-0.15, -0.1) is 0 Å². The molecule has 6 nitrogen and oxygen atoms in total. The van der Waals surface area contributed by atoms with Crippen LogP contribution in [0.2, 0.25) is 0 Å². The lowest BCUT2D eigenvalue weighted by molar-refractivity contribution is -0.118. The van der Waals surface area contributed by atoms with Gasteiger partial charge >= 0.3 is 0 Å². The summed E-state index contributed by atoms with van der Waals surface area (Å²) >= 11 is 0. The highest BCUT2D eigenvalue weighted by atomic mass is 32.2. The molecule has 0 bridgehead atoms. The van der Waals surface area contributed by atoms with Crippen LogP contribution in [0.3, 0.4) is 0 Å². The van der Waals surface area contributed by atoms with Crippen LogP contribution in [-0.4, -0.2) is 39.3 Å². The van der Waals surface area contributed by atoms with Gasteiger partial charge in [0.2, 0.25) is 10.0 Å². The second-order valence-corrected chi connectivity index (χ2v) is 8.52. The largest absolute Gasteiger partial charge is 0.483 e. The fraction of sp³-hybridized carbons (Fsp3) is 0.316. The van der Waals surface area contributed by atoms with E-state index in [4.69, 9.17) is 4.74 Å². The molecule has 1 N–H and O–H groups in total. The Morgan fingerprint density at radius 1 is 1.04 bits per heavy atom. The molecular weight excluding hydrogens is 352 g/mol. The van der Waals surface area contributed by atoms with Gasteiger partial charge in [-0.25, -0.2) is 12.7 Å². The number of nitrogens with one attached hydrogen (secondary N) is 1. The van der Waals surface area contributed by atoms with Crippen LogP contribution in [0, 0.1) is 20.8 Å². The molecule has 0 aromatic heterocycles. The van der Waals surface area contributed by atoms with Crippen molar-refractivity contribution in [3.63, 3.8) is 0 Å². The lowest BCUT2D eigenvalue weighted by atomic mass is 10.1. The zero-order valence-corrected chi connectivity index (χ0v) is 16.5. The Bertz CT molecular complexity index is 921. The summed E-state index contributed by atoms with van der Waals surface area (Å²) < 4.78 is 31.2. The molecule has 0 saturated carbocycles. The zero-order chi connectivity index (χ0) is 19.5. The highest BCUT2D eigenvalue weighted by Crippen LogP contribution is 2.22. The van der Waals surface area contributed by atoms with Crippen LogP contribution < -0.4 is 10.1 Å². The van der Waals surface area contributed by atoms with Crippen molar-refractivity contribution in [3.8, 4) is 5.75 Å². The fourth-order valence-corrected chi connectivity index (χ4v) is 3.23. The number of nitrogens with zero attached hydrogens (tertiary/aromatic N) is 1. The monoisotopic (exact) mass is 376 g/mol. The van der Waals surface area contributed by atoms with Crippen LogP contribution in [-0.2, 0) is 14.8 Å². The first-order valence-corrected chi connectivity index (χ1v) is 9.58. The van der Waals surface area contributed by atoms with Gasteiger partial charge in [0.25, 0.3) is 5.91 Å². The van der Waals surface area contributed by atoms with Gasteiger partial charge < -0.3 is 10.1 Å². The van der Waals surface area contributed by atoms with Crippen molar-refractivity contribution in [2.45, 2.75) is 25.7 Å². The summed E-state index contributed by atoms with van der Waals surface area (Å²) in [6, 6.07) is 10.4. The second-order valence-electron chi connectivity index (χ2n) is 6.37. The minimum absolute atomic E-state index is 0.124. The van der Waals surface area contributed by atoms with E-state index < -0.39 is 10.0 Å². The molecule has 2 aromatic carbocycles. The van der Waals surface area contributed by atoms with Crippen molar-refractivity contribution in [2.75, 3.05) is 26.0 Å². The highest BCUT2D eigenvalue weighted by molar-refractivity contribution is 7.89. The van der Waals surface area contributed by atoms with E-state index in [-0.39, 0.29) is 17.4 Å². The predicted molar refractivity (Wildman–Crippen MR) is 102 cm³/mol. The minimum Gasteiger partial charge on any atom is -0.483 e. The molecule has 0 atom stereocenters. The molecule has 7 heteroatoms. The van der Waals surface area contributed by atoms with Crippen molar-refractivity contribution in [1.29, 1.82) is 0 Å². The Kier molecular flexibility index (Phi) is 6.05. The molecule has 0 radical (unpaired) electrons. The average molecular weight is 376 g/mol. The predicted octanol–water partition coefficient (Wildman–Crippen LogP) is 2.88. The number of aryl methyl sites for hydroxylation is 3. The van der Waals surface area contributed by atoms with Gasteiger partial charge in [0, 0.05) is 19.8 Å². The molecule has 0 unspecified atom stereocenters. The first-order valence-electron chi connectivity index (χ1n) is 8.14. The topological polar surface area (TPSA) is 75.7 Å². The van der Waals surface area contributed by atoms with Crippen LogP contribution in [0.15, 0.2) is 41.3 Å². The van der Waals surface area contributed by atoms with Crippen LogP contribution in [0.5, 0.6) is 5.75 Å². The Morgan fingerprint density at radius 3 is 2.35 bits per heavy atom. The standard InChI is InChI=1S/C19H24N2O4S/c1-13-6-7-15(3)18(10-13)25-12-19(22)20-17-11-16(9-8-14(17)2)26(23,24)21(4)5/h6-11H,12H2,1-5H3,(H,20,22). The van der Waals surface area contributed by atoms with Gasteiger partial charge in [0.15, 0.2) is 6.61 Å². The number of hydrogen-bond acceptors (Lipinski definition) is 4. The number of amides is 1. The molecular formula is C19H24N2O4S. The summed E-state index contributed by atoms with van der Waals surface area (Å²) in [4.78, 5) is 12.4. The maximum atomic E-state index is 12.2. The fourth-order valence-electron chi connectivity index (χ4n) is 2.30. The number of rotatable bonds is 6. The molecule has 2 rings (SSSR count). The summed E-state index contributed by atoms with van der Waals surface area (Å²) in [7, 11) is -0.639. The summed E-state index contributed by atoms with van der Waals surface area (Å²) in [5, 5.41) is 2.72. The Morgan fingerprint density at radius 2 is 1.69 bits per heavy atom. The van der Waals surface area contributed by atoms with E-state index in [2.05, 4.69) is 5.32 Å². The quantitative estimate of drug-likeness (QED) is 0.841. The third-order valence-electron chi connectivity index (χ3n) is 3.96. The van der Waals surface area contributed by atoms with Crippen molar-refractivity contribution < 1.29 is 17.9 Å². The molecule has 0 aliphatic heterocycles. The SMILES string of the molecule is Cc1ccc(C)c(OCC(=O)Nc2cc(S(=O)(=O)N(C)C)ccc2C)c1. The van der Waals surface area contributed by atoms with Gasteiger partial charge in [0.1, 0.15) is 5.75 Å². The van der Waals surface area contributed by atoms with Crippen LogP contribution in [0.4, 0.5) is 5.69 Å². The molecule has 0 fully saturated rings. The summed E-state index contributed by atoms with van der Waals surface area (Å²) in [6.45, 7) is 5.50. The smallest absolute Gasteiger partial charge is 0.262 e. The van der Waals surface area contributed by atoms with E-state index in [0.29, 0.717) is 11.4 Å². The minimum atomic E-state index is -3.57. The van der Waals surface area contributed by atoms with Gasteiger partial charge in [-0.05, 0) is 55.7 Å². The number of sulfonamides is 1. The maximum Gasteiger partial charge on any atom is 0.262 e.